The molecule has 0 saturated carbocycles. The highest BCUT2D eigenvalue weighted by Gasteiger charge is 2.18. The Bertz CT molecular complexity index is 320. The Labute approximate surface area is 178 Å². The molecule has 28 heavy (non-hydrogen) atoms. The Balaban J connectivity index is 3.09. The molecule has 0 fully saturated rings. The summed E-state index contributed by atoms with van der Waals surface area (Å²) in [6, 6.07) is 0. The average Bonchev–Trinajstić information content (AvgIpc) is 2.69. The van der Waals surface area contributed by atoms with E-state index >= 15 is 0 Å². The van der Waals surface area contributed by atoms with Crippen LogP contribution >= 0.6 is 7.80 Å². The van der Waals surface area contributed by atoms with Gasteiger partial charge in [0.05, 0.1) is 6.10 Å². The summed E-state index contributed by atoms with van der Waals surface area (Å²) >= 11 is 0. The molecule has 0 spiro atoms. The number of aliphatic hydroxyl groups excluding tert-OH is 1. The third-order valence-electron chi connectivity index (χ3n) is 5.90. The predicted octanol–water partition coefficient (Wildman–Crippen LogP) is 9.02. The summed E-state index contributed by atoms with van der Waals surface area (Å²) in [6.07, 6.45) is 28.1. The second-order valence-corrected chi connectivity index (χ2v) is 10.6. The van der Waals surface area contributed by atoms with E-state index in [1.807, 2.05) is 6.92 Å². The van der Waals surface area contributed by atoms with Gasteiger partial charge in [-0.1, -0.05) is 128 Å². The van der Waals surface area contributed by atoms with Crippen LogP contribution in [0.1, 0.15) is 142 Å². The zero-order chi connectivity index (χ0) is 20.7. The van der Waals surface area contributed by atoms with E-state index in [9.17, 15) is 9.67 Å². The molecule has 1 N–H and O–H groups in total. The molecule has 0 rings (SSSR count). The molecular formula is C25H52O2P+. The van der Waals surface area contributed by atoms with Crippen LogP contribution in [0.5, 0.6) is 0 Å². The summed E-state index contributed by atoms with van der Waals surface area (Å²) in [5.41, 5.74) is 0. The molecule has 2 nitrogen and oxygen atoms in total. The van der Waals surface area contributed by atoms with E-state index in [4.69, 9.17) is 0 Å². The lowest BCUT2D eigenvalue weighted by Crippen LogP contribution is -2.07. The lowest BCUT2D eigenvalue weighted by molar-refractivity contribution is 0.193. The number of hydrogen-bond acceptors (Lipinski definition) is 2. The molecule has 2 unspecified atom stereocenters. The molecule has 0 aromatic rings. The van der Waals surface area contributed by atoms with Gasteiger partial charge in [-0.15, -0.1) is 0 Å². The Morgan fingerprint density at radius 1 is 0.571 bits per heavy atom. The maximum absolute atomic E-state index is 11.8. The van der Waals surface area contributed by atoms with Gasteiger partial charge in [0.15, 0.2) is 6.16 Å². The first kappa shape index (κ1) is 28.1. The normalized spacial score (nSPS) is 13.0. The van der Waals surface area contributed by atoms with Crippen molar-refractivity contribution in [3.8, 4) is 0 Å². The van der Waals surface area contributed by atoms with Crippen molar-refractivity contribution >= 4 is 7.80 Å². The first-order valence-corrected chi connectivity index (χ1v) is 14.4. The number of rotatable bonds is 23. The fraction of sp³-hybridized carbons (Fsp3) is 1.00. The average molecular weight is 416 g/mol. The van der Waals surface area contributed by atoms with Gasteiger partial charge < -0.3 is 5.11 Å². The van der Waals surface area contributed by atoms with Gasteiger partial charge in [0.2, 0.25) is 0 Å². The first-order valence-electron chi connectivity index (χ1n) is 12.8. The molecule has 0 aromatic carbocycles. The van der Waals surface area contributed by atoms with E-state index in [0.29, 0.717) is 6.16 Å². The van der Waals surface area contributed by atoms with E-state index in [2.05, 4.69) is 6.92 Å². The first-order chi connectivity index (χ1) is 13.7. The van der Waals surface area contributed by atoms with Gasteiger partial charge >= 0.3 is 7.80 Å². The van der Waals surface area contributed by atoms with Crippen molar-refractivity contribution in [3.63, 3.8) is 0 Å². The Hall–Kier alpha value is 0.0600. The molecule has 2 atom stereocenters. The highest BCUT2D eigenvalue weighted by atomic mass is 31.1. The lowest BCUT2D eigenvalue weighted by Gasteiger charge is -2.03. The van der Waals surface area contributed by atoms with Crippen LogP contribution in [-0.4, -0.2) is 23.5 Å². The molecule has 168 valence electrons. The van der Waals surface area contributed by atoms with Gasteiger partial charge in [-0.25, -0.2) is 0 Å². The molecule has 0 saturated heterocycles. The monoisotopic (exact) mass is 415 g/mol. The Morgan fingerprint density at radius 3 is 1.21 bits per heavy atom. The van der Waals surface area contributed by atoms with Crippen molar-refractivity contribution in [1.29, 1.82) is 0 Å². The second-order valence-electron chi connectivity index (χ2n) is 8.81. The fourth-order valence-electron chi connectivity index (χ4n) is 3.82. The van der Waals surface area contributed by atoms with Crippen molar-refractivity contribution in [2.75, 3.05) is 12.3 Å². The largest absolute Gasteiger partial charge is 0.389 e. The minimum absolute atomic E-state index is 0.357. The van der Waals surface area contributed by atoms with Gasteiger partial charge in [0, 0.05) is 0 Å². The maximum atomic E-state index is 11.8. The van der Waals surface area contributed by atoms with Crippen LogP contribution in [0.3, 0.4) is 0 Å². The quantitative estimate of drug-likeness (QED) is 0.133. The van der Waals surface area contributed by atoms with Crippen molar-refractivity contribution in [2.45, 2.75) is 148 Å². The maximum Gasteiger partial charge on any atom is 0.341 e. The second kappa shape index (κ2) is 23.3. The number of hydrogen-bond donors (Lipinski definition) is 1. The molecule has 0 aromatic heterocycles. The molecule has 0 bridgehead atoms. The highest BCUT2D eigenvalue weighted by molar-refractivity contribution is 7.44. The number of aliphatic hydroxyl groups is 1. The molecule has 0 aliphatic carbocycles. The van der Waals surface area contributed by atoms with Crippen LogP contribution in [0.4, 0.5) is 0 Å². The van der Waals surface area contributed by atoms with Crippen LogP contribution in [0.2, 0.25) is 0 Å². The minimum Gasteiger partial charge on any atom is -0.389 e. The van der Waals surface area contributed by atoms with E-state index < -0.39 is 7.80 Å². The molecule has 3 heteroatoms. The summed E-state index contributed by atoms with van der Waals surface area (Å²) in [6.45, 7) is 4.24. The SMILES string of the molecule is CCCCCCCCCCCCCCCCCCCCC[P+](=O)CC(O)CC. The standard InChI is InChI=1S/C25H52O2P/c1-3-5-6-7-8-9-10-11-12-13-14-15-16-17-18-19-20-21-22-23-28(27)24-25(26)4-2/h25-26H,3-24H2,1-2H3/q+1. The smallest absolute Gasteiger partial charge is 0.341 e. The van der Waals surface area contributed by atoms with Crippen LogP contribution in [0.25, 0.3) is 0 Å². The zero-order valence-corrected chi connectivity index (χ0v) is 20.3. The highest BCUT2D eigenvalue weighted by Crippen LogP contribution is 2.25. The topological polar surface area (TPSA) is 37.3 Å². The molecule has 0 amide bonds. The van der Waals surface area contributed by atoms with E-state index in [1.165, 1.54) is 116 Å². The summed E-state index contributed by atoms with van der Waals surface area (Å²) in [4.78, 5) is 0. The van der Waals surface area contributed by atoms with Gasteiger partial charge in [-0.3, -0.25) is 0 Å². The summed E-state index contributed by atoms with van der Waals surface area (Å²) in [7, 11) is -1.17. The van der Waals surface area contributed by atoms with Gasteiger partial charge in [0.1, 0.15) is 6.16 Å². The van der Waals surface area contributed by atoms with Crippen LogP contribution in [0, 0.1) is 0 Å². The van der Waals surface area contributed by atoms with Crippen LogP contribution < -0.4 is 0 Å². The zero-order valence-electron chi connectivity index (χ0n) is 19.4. The molecule has 0 aliphatic rings. The Morgan fingerprint density at radius 2 is 0.893 bits per heavy atom. The Kier molecular flexibility index (Phi) is 23.4. The van der Waals surface area contributed by atoms with Crippen molar-refractivity contribution in [3.05, 3.63) is 0 Å². The van der Waals surface area contributed by atoms with Crippen molar-refractivity contribution < 1.29 is 9.67 Å². The van der Waals surface area contributed by atoms with Gasteiger partial charge in [0.25, 0.3) is 0 Å². The van der Waals surface area contributed by atoms with E-state index in [1.54, 1.807) is 0 Å². The third kappa shape index (κ3) is 22.4. The summed E-state index contributed by atoms with van der Waals surface area (Å²) in [5.74, 6) is 0. The lowest BCUT2D eigenvalue weighted by atomic mass is 10.0. The van der Waals surface area contributed by atoms with E-state index in [0.717, 1.165) is 19.0 Å². The predicted molar refractivity (Wildman–Crippen MR) is 127 cm³/mol. The number of unbranched alkanes of at least 4 members (excludes halogenated alkanes) is 18. The van der Waals surface area contributed by atoms with Gasteiger partial charge in [-0.2, -0.15) is 0 Å². The molecular weight excluding hydrogens is 363 g/mol. The van der Waals surface area contributed by atoms with Crippen molar-refractivity contribution in [2.24, 2.45) is 0 Å². The van der Waals surface area contributed by atoms with Gasteiger partial charge in [-0.05, 0) is 19.3 Å². The molecule has 0 radical (unpaired) electrons. The molecule has 0 heterocycles. The minimum atomic E-state index is -1.17. The summed E-state index contributed by atoms with van der Waals surface area (Å²) in [5, 5.41) is 9.50. The summed E-state index contributed by atoms with van der Waals surface area (Å²) < 4.78 is 11.8. The van der Waals surface area contributed by atoms with Crippen LogP contribution in [0.15, 0.2) is 0 Å². The van der Waals surface area contributed by atoms with Crippen molar-refractivity contribution in [1.82, 2.24) is 0 Å². The third-order valence-corrected chi connectivity index (χ3v) is 7.54. The molecule has 0 aliphatic heterocycles. The van der Waals surface area contributed by atoms with Crippen LogP contribution in [-0.2, 0) is 4.57 Å². The fourth-order valence-corrected chi connectivity index (χ4v) is 5.31. The van der Waals surface area contributed by atoms with E-state index in [-0.39, 0.29) is 6.10 Å².